The zero-order valence-corrected chi connectivity index (χ0v) is 8.04. The maximum atomic E-state index is 5.57. The highest BCUT2D eigenvalue weighted by Crippen LogP contribution is 2.39. The monoisotopic (exact) mass is 169 g/mol. The lowest BCUT2D eigenvalue weighted by molar-refractivity contribution is -0.0585. The van der Waals surface area contributed by atoms with Gasteiger partial charge >= 0.3 is 0 Å². The molecule has 0 spiro atoms. The summed E-state index contributed by atoms with van der Waals surface area (Å²) < 4.78 is 11.1. The van der Waals surface area contributed by atoms with Crippen LogP contribution in [0.15, 0.2) is 0 Å². The summed E-state index contributed by atoms with van der Waals surface area (Å²) in [5.41, 5.74) is 0. The van der Waals surface area contributed by atoms with Gasteiger partial charge in [-0.3, -0.25) is 0 Å². The lowest BCUT2D eigenvalue weighted by atomic mass is 10.5. The van der Waals surface area contributed by atoms with Gasteiger partial charge in [-0.15, -0.1) is 0 Å². The van der Waals surface area contributed by atoms with Crippen LogP contribution in [0.1, 0.15) is 33.6 Å². The van der Waals surface area contributed by atoms with E-state index in [4.69, 9.17) is 9.47 Å². The highest BCUT2D eigenvalue weighted by Gasteiger charge is 2.39. The average Bonchev–Trinajstić information content (AvgIpc) is 2.80. The Morgan fingerprint density at radius 2 is 1.33 bits per heavy atom. The van der Waals surface area contributed by atoms with Crippen molar-refractivity contribution < 1.29 is 9.47 Å². The highest BCUT2D eigenvalue weighted by molar-refractivity contribution is 4.89. The number of ether oxygens (including phenoxy) is 2. The van der Waals surface area contributed by atoms with Crippen molar-refractivity contribution in [3.63, 3.8) is 0 Å². The fourth-order valence-electron chi connectivity index (χ4n) is 1.36. The van der Waals surface area contributed by atoms with E-state index >= 15 is 0 Å². The third-order valence-corrected chi connectivity index (χ3v) is 2.71. The van der Waals surface area contributed by atoms with E-state index in [1.54, 1.807) is 0 Å². The first-order valence-corrected chi connectivity index (χ1v) is 4.83. The van der Waals surface area contributed by atoms with E-state index in [-0.39, 0.29) is 0 Å². The summed E-state index contributed by atoms with van der Waals surface area (Å²) in [5.74, 6) is 1.47. The van der Waals surface area contributed by atoms with Gasteiger partial charge in [0.25, 0.3) is 0 Å². The Kier molecular flexibility index (Phi) is 2.13. The quantitative estimate of drug-likeness (QED) is 0.643. The fraction of sp³-hybridized carbons (Fsp3) is 0.900. The molecular weight excluding hydrogens is 152 g/mol. The number of hydrogen-bond donors (Lipinski definition) is 0. The maximum Gasteiger partial charge on any atom is 0.221 e. The number of hydrogen-bond acceptors (Lipinski definition) is 2. The molecule has 4 unspecified atom stereocenters. The van der Waals surface area contributed by atoms with Gasteiger partial charge in [0.1, 0.15) is 0 Å². The van der Waals surface area contributed by atoms with Gasteiger partial charge in [-0.05, 0) is 31.6 Å². The van der Waals surface area contributed by atoms with Crippen molar-refractivity contribution in [2.45, 2.75) is 45.8 Å². The topological polar surface area (TPSA) is 18.5 Å². The van der Waals surface area contributed by atoms with Crippen molar-refractivity contribution in [3.05, 3.63) is 6.29 Å². The molecule has 0 N–H and O–H groups in total. The smallest absolute Gasteiger partial charge is 0.221 e. The van der Waals surface area contributed by atoms with E-state index in [2.05, 4.69) is 13.8 Å². The van der Waals surface area contributed by atoms with Crippen molar-refractivity contribution in [2.24, 2.45) is 11.8 Å². The minimum atomic E-state index is 0.444. The van der Waals surface area contributed by atoms with E-state index in [0.29, 0.717) is 12.2 Å². The molecule has 0 aromatic heterocycles. The molecule has 0 saturated heterocycles. The summed E-state index contributed by atoms with van der Waals surface area (Å²) in [5, 5.41) is 0. The zero-order valence-electron chi connectivity index (χ0n) is 8.04. The second-order valence-electron chi connectivity index (χ2n) is 4.23. The van der Waals surface area contributed by atoms with Crippen LogP contribution in [0, 0.1) is 18.1 Å². The summed E-state index contributed by atoms with van der Waals surface area (Å²) >= 11 is 0. The van der Waals surface area contributed by atoms with Gasteiger partial charge < -0.3 is 9.47 Å². The first-order chi connectivity index (χ1) is 5.66. The summed E-state index contributed by atoms with van der Waals surface area (Å²) in [7, 11) is 0. The second-order valence-corrected chi connectivity index (χ2v) is 4.23. The predicted molar refractivity (Wildman–Crippen MR) is 46.2 cm³/mol. The van der Waals surface area contributed by atoms with Gasteiger partial charge in [0.05, 0.1) is 12.2 Å². The summed E-state index contributed by atoms with van der Waals surface area (Å²) in [6.07, 6.45) is 4.05. The fourth-order valence-corrected chi connectivity index (χ4v) is 1.36. The van der Waals surface area contributed by atoms with Crippen LogP contribution < -0.4 is 0 Å². The van der Waals surface area contributed by atoms with Crippen molar-refractivity contribution in [1.82, 2.24) is 0 Å². The highest BCUT2D eigenvalue weighted by atomic mass is 16.7. The molecule has 0 aromatic carbocycles. The molecule has 1 radical (unpaired) electrons. The first kappa shape index (κ1) is 8.52. The van der Waals surface area contributed by atoms with Crippen LogP contribution in [0.4, 0.5) is 0 Å². The third-order valence-electron chi connectivity index (χ3n) is 2.71. The normalized spacial score (nSPS) is 45.0. The van der Waals surface area contributed by atoms with Crippen LogP contribution >= 0.6 is 0 Å². The van der Waals surface area contributed by atoms with Crippen molar-refractivity contribution in [3.8, 4) is 0 Å². The molecule has 2 aliphatic rings. The largest absolute Gasteiger partial charge is 0.342 e. The van der Waals surface area contributed by atoms with Crippen LogP contribution in [0.25, 0.3) is 0 Å². The lowest BCUT2D eigenvalue weighted by Crippen LogP contribution is -2.08. The van der Waals surface area contributed by atoms with E-state index in [1.165, 1.54) is 12.8 Å². The van der Waals surface area contributed by atoms with Gasteiger partial charge in [0, 0.05) is 0 Å². The Bertz CT molecular complexity index is 151. The van der Waals surface area contributed by atoms with Crippen LogP contribution in [0.3, 0.4) is 0 Å². The van der Waals surface area contributed by atoms with Crippen LogP contribution in [0.5, 0.6) is 0 Å². The molecule has 2 aliphatic carbocycles. The van der Waals surface area contributed by atoms with Crippen molar-refractivity contribution in [1.29, 1.82) is 0 Å². The molecule has 69 valence electrons. The molecule has 12 heavy (non-hydrogen) atoms. The van der Waals surface area contributed by atoms with Gasteiger partial charge in [0.15, 0.2) is 0 Å². The Balaban J connectivity index is 1.61. The SMILES string of the molecule is C[C](OC1CC1C)OC1CC1C. The Morgan fingerprint density at radius 3 is 1.58 bits per heavy atom. The van der Waals surface area contributed by atoms with Gasteiger partial charge in [-0.1, -0.05) is 13.8 Å². The minimum Gasteiger partial charge on any atom is -0.342 e. The number of rotatable bonds is 4. The molecule has 0 aliphatic heterocycles. The van der Waals surface area contributed by atoms with Crippen molar-refractivity contribution in [2.75, 3.05) is 0 Å². The van der Waals surface area contributed by atoms with Crippen LogP contribution in [0.2, 0.25) is 0 Å². The summed E-state index contributed by atoms with van der Waals surface area (Å²) in [4.78, 5) is 0. The molecule has 2 saturated carbocycles. The standard InChI is InChI=1S/C10H17O2/c1-6-4-9(6)11-8(3)12-10-5-7(10)2/h6-7,9-10H,4-5H2,1-3H3. The molecule has 2 nitrogen and oxygen atoms in total. The van der Waals surface area contributed by atoms with Gasteiger partial charge in [-0.2, -0.15) is 0 Å². The zero-order chi connectivity index (χ0) is 8.72. The molecule has 0 amide bonds. The van der Waals surface area contributed by atoms with Gasteiger partial charge in [0.2, 0.25) is 6.29 Å². The van der Waals surface area contributed by atoms with E-state index in [0.717, 1.165) is 18.1 Å². The minimum absolute atomic E-state index is 0.444. The molecule has 2 rings (SSSR count). The molecular formula is C10H17O2. The molecule has 4 atom stereocenters. The Hall–Kier alpha value is -0.0800. The average molecular weight is 169 g/mol. The van der Waals surface area contributed by atoms with Crippen molar-refractivity contribution >= 4 is 0 Å². The van der Waals surface area contributed by atoms with Gasteiger partial charge in [-0.25, -0.2) is 0 Å². The second kappa shape index (κ2) is 3.00. The Morgan fingerprint density at radius 1 is 1.00 bits per heavy atom. The molecule has 2 heteroatoms. The van der Waals surface area contributed by atoms with E-state index in [9.17, 15) is 0 Å². The summed E-state index contributed by atoms with van der Waals surface area (Å²) in [6, 6.07) is 0. The van der Waals surface area contributed by atoms with E-state index < -0.39 is 0 Å². The molecule has 0 aromatic rings. The molecule has 0 bridgehead atoms. The van der Waals surface area contributed by atoms with E-state index in [1.807, 2.05) is 6.92 Å². The predicted octanol–water partition coefficient (Wildman–Crippen LogP) is 2.35. The lowest BCUT2D eigenvalue weighted by Gasteiger charge is -2.11. The molecule has 2 fully saturated rings. The van der Waals surface area contributed by atoms with Crippen LogP contribution in [-0.4, -0.2) is 12.2 Å². The molecule has 0 heterocycles. The maximum absolute atomic E-state index is 5.57. The van der Waals surface area contributed by atoms with Crippen LogP contribution in [-0.2, 0) is 9.47 Å². The summed E-state index contributed by atoms with van der Waals surface area (Å²) in [6.45, 7) is 6.34. The Labute approximate surface area is 74.2 Å². The first-order valence-electron chi connectivity index (χ1n) is 4.83. The third kappa shape index (κ3) is 1.99.